The summed E-state index contributed by atoms with van der Waals surface area (Å²) in [6.45, 7) is 0.486. The Labute approximate surface area is 148 Å². The molecule has 2 aromatic carbocycles. The molecule has 3 heterocycles. The van der Waals surface area contributed by atoms with Crippen molar-refractivity contribution in [2.75, 3.05) is 7.11 Å². The zero-order chi connectivity index (χ0) is 17.8. The van der Waals surface area contributed by atoms with Crippen LogP contribution in [0.25, 0.3) is 33.1 Å². The van der Waals surface area contributed by atoms with Gasteiger partial charge in [-0.25, -0.2) is 9.78 Å². The summed E-state index contributed by atoms with van der Waals surface area (Å²) < 4.78 is 6.59. The molecule has 0 bridgehead atoms. The largest absolute Gasteiger partial charge is 0.465 e. The molecule has 5 rings (SSSR count). The SMILES string of the molecule is COC(=O)c1cccc2c(=O)n3c(cc12)-c1nc2ccccc2cc1C3. The van der Waals surface area contributed by atoms with Crippen molar-refractivity contribution in [2.24, 2.45) is 0 Å². The standard InChI is InChI=1S/C21H14N2O3/c1-26-21(25)15-7-4-6-14-16(15)10-18-19-13(11-23(18)20(14)24)9-12-5-2-3-8-17(12)22-19/h2-10H,11H2,1H3. The van der Waals surface area contributed by atoms with Crippen LogP contribution in [0.5, 0.6) is 0 Å². The first-order valence-electron chi connectivity index (χ1n) is 8.31. The molecule has 0 fully saturated rings. The number of hydrogen-bond donors (Lipinski definition) is 0. The van der Waals surface area contributed by atoms with Crippen LogP contribution in [0.4, 0.5) is 0 Å². The summed E-state index contributed by atoms with van der Waals surface area (Å²) in [6, 6.07) is 17.0. The number of para-hydroxylation sites is 1. The van der Waals surface area contributed by atoms with Crippen LogP contribution in [-0.2, 0) is 11.3 Å². The lowest BCUT2D eigenvalue weighted by Gasteiger charge is -2.09. The Bertz CT molecular complexity index is 1290. The summed E-state index contributed by atoms with van der Waals surface area (Å²) in [5, 5.41) is 2.15. The van der Waals surface area contributed by atoms with Crippen molar-refractivity contribution in [1.82, 2.24) is 9.55 Å². The van der Waals surface area contributed by atoms with Gasteiger partial charge in [0.05, 0.1) is 36.1 Å². The number of nitrogens with zero attached hydrogens (tertiary/aromatic N) is 2. The van der Waals surface area contributed by atoms with Crippen LogP contribution in [0.15, 0.2) is 59.4 Å². The highest BCUT2D eigenvalue weighted by molar-refractivity contribution is 6.05. The fourth-order valence-corrected chi connectivity index (χ4v) is 3.69. The highest BCUT2D eigenvalue weighted by Gasteiger charge is 2.24. The zero-order valence-corrected chi connectivity index (χ0v) is 14.0. The Balaban J connectivity index is 1.86. The van der Waals surface area contributed by atoms with Crippen LogP contribution >= 0.6 is 0 Å². The molecule has 5 nitrogen and oxygen atoms in total. The van der Waals surface area contributed by atoms with Crippen LogP contribution in [0.3, 0.4) is 0 Å². The summed E-state index contributed by atoms with van der Waals surface area (Å²) in [4.78, 5) is 29.9. The molecule has 4 aromatic rings. The van der Waals surface area contributed by atoms with E-state index in [1.54, 1.807) is 22.8 Å². The van der Waals surface area contributed by atoms with E-state index in [1.807, 2.05) is 30.3 Å². The summed E-state index contributed by atoms with van der Waals surface area (Å²) in [5.74, 6) is -0.454. The Hall–Kier alpha value is -3.47. The lowest BCUT2D eigenvalue weighted by atomic mass is 10.0. The van der Waals surface area contributed by atoms with Crippen molar-refractivity contribution in [3.8, 4) is 11.4 Å². The number of rotatable bonds is 1. The van der Waals surface area contributed by atoms with E-state index in [0.29, 0.717) is 22.9 Å². The van der Waals surface area contributed by atoms with E-state index >= 15 is 0 Å². The molecular weight excluding hydrogens is 328 g/mol. The van der Waals surface area contributed by atoms with E-state index in [2.05, 4.69) is 6.07 Å². The minimum Gasteiger partial charge on any atom is -0.465 e. The monoisotopic (exact) mass is 342 g/mol. The van der Waals surface area contributed by atoms with Gasteiger partial charge in [-0.05, 0) is 30.3 Å². The number of benzene rings is 2. The van der Waals surface area contributed by atoms with E-state index in [1.165, 1.54) is 7.11 Å². The number of carbonyl (C=O) groups excluding carboxylic acids is 1. The van der Waals surface area contributed by atoms with Gasteiger partial charge in [-0.1, -0.05) is 24.3 Å². The van der Waals surface area contributed by atoms with Gasteiger partial charge in [0, 0.05) is 21.7 Å². The molecule has 0 aliphatic carbocycles. The van der Waals surface area contributed by atoms with Gasteiger partial charge >= 0.3 is 5.97 Å². The molecule has 26 heavy (non-hydrogen) atoms. The summed E-state index contributed by atoms with van der Waals surface area (Å²) >= 11 is 0. The molecular formula is C21H14N2O3. The second kappa shape index (κ2) is 5.26. The van der Waals surface area contributed by atoms with Gasteiger partial charge in [-0.2, -0.15) is 0 Å². The van der Waals surface area contributed by atoms with E-state index in [9.17, 15) is 9.59 Å². The molecule has 0 atom stereocenters. The summed E-state index contributed by atoms with van der Waals surface area (Å²) in [7, 11) is 1.34. The molecule has 1 aliphatic rings. The molecule has 0 amide bonds. The number of pyridine rings is 2. The number of ether oxygens (including phenoxy) is 1. The van der Waals surface area contributed by atoms with Crippen molar-refractivity contribution in [1.29, 1.82) is 0 Å². The maximum Gasteiger partial charge on any atom is 0.338 e. The first-order valence-corrected chi connectivity index (χ1v) is 8.31. The van der Waals surface area contributed by atoms with Gasteiger partial charge < -0.3 is 9.30 Å². The average Bonchev–Trinajstić information content (AvgIpc) is 3.03. The van der Waals surface area contributed by atoms with Crippen molar-refractivity contribution in [3.05, 3.63) is 76.1 Å². The van der Waals surface area contributed by atoms with Crippen LogP contribution < -0.4 is 5.56 Å². The summed E-state index contributed by atoms with van der Waals surface area (Å²) in [6.07, 6.45) is 0. The Morgan fingerprint density at radius 2 is 1.92 bits per heavy atom. The smallest absolute Gasteiger partial charge is 0.338 e. The maximum atomic E-state index is 13.0. The van der Waals surface area contributed by atoms with Gasteiger partial charge in [-0.3, -0.25) is 4.79 Å². The van der Waals surface area contributed by atoms with Crippen molar-refractivity contribution >= 4 is 27.6 Å². The molecule has 0 radical (unpaired) electrons. The van der Waals surface area contributed by atoms with Gasteiger partial charge in [0.15, 0.2) is 0 Å². The van der Waals surface area contributed by atoms with Gasteiger partial charge in [0.2, 0.25) is 0 Å². The molecule has 126 valence electrons. The third-order valence-corrected chi connectivity index (χ3v) is 4.93. The quantitative estimate of drug-likeness (QED) is 0.438. The summed E-state index contributed by atoms with van der Waals surface area (Å²) in [5.41, 5.74) is 3.69. The predicted octanol–water partition coefficient (Wildman–Crippen LogP) is 3.37. The maximum absolute atomic E-state index is 13.0. The Morgan fingerprint density at radius 1 is 1.08 bits per heavy atom. The molecule has 0 saturated heterocycles. The highest BCUT2D eigenvalue weighted by atomic mass is 16.5. The number of hydrogen-bond acceptors (Lipinski definition) is 4. The van der Waals surface area contributed by atoms with E-state index in [4.69, 9.17) is 9.72 Å². The first kappa shape index (κ1) is 14.8. The Morgan fingerprint density at radius 3 is 2.77 bits per heavy atom. The number of fused-ring (bicyclic) bond motifs is 5. The van der Waals surface area contributed by atoms with E-state index < -0.39 is 5.97 Å². The molecule has 0 N–H and O–H groups in total. The van der Waals surface area contributed by atoms with Crippen molar-refractivity contribution in [2.45, 2.75) is 6.54 Å². The predicted molar refractivity (Wildman–Crippen MR) is 99.4 cm³/mol. The minimum absolute atomic E-state index is 0.120. The second-order valence-electron chi connectivity index (χ2n) is 6.37. The molecule has 2 aromatic heterocycles. The van der Waals surface area contributed by atoms with Crippen LogP contribution in [-0.4, -0.2) is 22.6 Å². The van der Waals surface area contributed by atoms with E-state index in [-0.39, 0.29) is 5.56 Å². The number of aromatic nitrogens is 2. The lowest BCUT2D eigenvalue weighted by molar-refractivity contribution is 0.0603. The number of esters is 1. The number of carbonyl (C=O) groups is 1. The first-order chi connectivity index (χ1) is 12.7. The van der Waals surface area contributed by atoms with Gasteiger partial charge in [-0.15, -0.1) is 0 Å². The molecule has 0 spiro atoms. The fourth-order valence-electron chi connectivity index (χ4n) is 3.69. The zero-order valence-electron chi connectivity index (χ0n) is 14.0. The van der Waals surface area contributed by atoms with Gasteiger partial charge in [0.25, 0.3) is 5.56 Å². The fraction of sp³-hybridized carbons (Fsp3) is 0.0952. The normalized spacial score (nSPS) is 12.2. The molecule has 0 unspecified atom stereocenters. The molecule has 0 saturated carbocycles. The third-order valence-electron chi connectivity index (χ3n) is 4.93. The molecule has 1 aliphatic heterocycles. The van der Waals surface area contributed by atoms with Crippen LogP contribution in [0.1, 0.15) is 15.9 Å². The van der Waals surface area contributed by atoms with Crippen molar-refractivity contribution in [3.63, 3.8) is 0 Å². The van der Waals surface area contributed by atoms with Crippen molar-refractivity contribution < 1.29 is 9.53 Å². The Kier molecular flexibility index (Phi) is 3.00. The van der Waals surface area contributed by atoms with Crippen LogP contribution in [0.2, 0.25) is 0 Å². The topological polar surface area (TPSA) is 61.2 Å². The molecule has 5 heteroatoms. The second-order valence-corrected chi connectivity index (χ2v) is 6.37. The number of methoxy groups -OCH3 is 1. The average molecular weight is 342 g/mol. The van der Waals surface area contributed by atoms with Gasteiger partial charge in [0.1, 0.15) is 0 Å². The third kappa shape index (κ3) is 1.94. The van der Waals surface area contributed by atoms with Crippen LogP contribution in [0, 0.1) is 0 Å². The highest BCUT2D eigenvalue weighted by Crippen LogP contribution is 2.33. The lowest BCUT2D eigenvalue weighted by Crippen LogP contribution is -2.19. The van der Waals surface area contributed by atoms with E-state index in [0.717, 1.165) is 27.9 Å². The minimum atomic E-state index is -0.454.